The first-order valence-electron chi connectivity index (χ1n) is 5.73. The quantitative estimate of drug-likeness (QED) is 0.719. The lowest BCUT2D eigenvalue weighted by molar-refractivity contribution is 0.421. The van der Waals surface area contributed by atoms with Gasteiger partial charge in [0.2, 0.25) is 0 Å². The van der Waals surface area contributed by atoms with Gasteiger partial charge >= 0.3 is 0 Å². The van der Waals surface area contributed by atoms with E-state index in [9.17, 15) is 0 Å². The maximum atomic E-state index is 3.75. The molecule has 2 heteroatoms. The summed E-state index contributed by atoms with van der Waals surface area (Å²) in [6.07, 6.45) is 2.42. The Morgan fingerprint density at radius 2 is 1.93 bits per heavy atom. The number of hydrogen-bond acceptors (Lipinski definition) is 2. The largest absolute Gasteiger partial charge is 0.302 e. The second-order valence-electron chi connectivity index (χ2n) is 4.91. The van der Waals surface area contributed by atoms with Gasteiger partial charge in [-0.2, -0.15) is 0 Å². The van der Waals surface area contributed by atoms with Crippen molar-refractivity contribution in [2.75, 3.05) is 12.3 Å². The molecule has 1 saturated heterocycles. The van der Waals surface area contributed by atoms with Crippen LogP contribution in [0.5, 0.6) is 0 Å². The number of rotatable bonds is 0. The van der Waals surface area contributed by atoms with E-state index in [0.29, 0.717) is 4.87 Å². The monoisotopic (exact) mass is 219 g/mol. The van der Waals surface area contributed by atoms with Crippen LogP contribution in [0.4, 0.5) is 0 Å². The summed E-state index contributed by atoms with van der Waals surface area (Å²) in [5, 5.41) is 3.75. The Morgan fingerprint density at radius 1 is 1.27 bits per heavy atom. The third-order valence-corrected chi connectivity index (χ3v) is 5.21. The predicted molar refractivity (Wildman–Crippen MR) is 66.2 cm³/mol. The molecule has 1 nitrogen and oxygen atoms in total. The van der Waals surface area contributed by atoms with Crippen molar-refractivity contribution in [1.29, 1.82) is 0 Å². The highest BCUT2D eigenvalue weighted by atomic mass is 32.2. The molecule has 0 bridgehead atoms. The summed E-state index contributed by atoms with van der Waals surface area (Å²) in [6.45, 7) is 3.51. The number of nitrogens with one attached hydrogen (secondary N) is 1. The van der Waals surface area contributed by atoms with Gasteiger partial charge in [0.05, 0.1) is 4.87 Å². The van der Waals surface area contributed by atoms with Crippen LogP contribution < -0.4 is 5.32 Å². The topological polar surface area (TPSA) is 12.0 Å². The molecule has 1 fully saturated rings. The van der Waals surface area contributed by atoms with Crippen LogP contribution in [0.2, 0.25) is 0 Å². The third kappa shape index (κ3) is 1.70. The average molecular weight is 219 g/mol. The Balaban J connectivity index is 1.83. The lowest BCUT2D eigenvalue weighted by Gasteiger charge is -2.36. The molecule has 3 rings (SSSR count). The van der Waals surface area contributed by atoms with Crippen molar-refractivity contribution in [2.45, 2.75) is 24.6 Å². The van der Waals surface area contributed by atoms with E-state index in [0.717, 1.165) is 5.92 Å². The fourth-order valence-corrected chi connectivity index (χ4v) is 4.00. The van der Waals surface area contributed by atoms with Crippen LogP contribution in [0.25, 0.3) is 0 Å². The summed E-state index contributed by atoms with van der Waals surface area (Å²) in [5.74, 6) is 2.13. The normalized spacial score (nSPS) is 27.9. The highest BCUT2D eigenvalue weighted by molar-refractivity contribution is 8.00. The first kappa shape index (κ1) is 9.73. The third-order valence-electron chi connectivity index (χ3n) is 3.49. The summed E-state index contributed by atoms with van der Waals surface area (Å²) in [4.78, 5) is 0.330. The van der Waals surface area contributed by atoms with Gasteiger partial charge in [-0.25, -0.2) is 0 Å². The van der Waals surface area contributed by atoms with Crippen LogP contribution in [0.15, 0.2) is 24.3 Å². The fraction of sp³-hybridized carbons (Fsp3) is 0.538. The van der Waals surface area contributed by atoms with Crippen LogP contribution in [0, 0.1) is 5.92 Å². The van der Waals surface area contributed by atoms with E-state index in [1.54, 1.807) is 11.1 Å². The fourth-order valence-electron chi connectivity index (χ4n) is 2.58. The zero-order valence-corrected chi connectivity index (χ0v) is 9.94. The Hall–Kier alpha value is -0.470. The second kappa shape index (κ2) is 3.53. The summed E-state index contributed by atoms with van der Waals surface area (Å²) in [5.41, 5.74) is 3.10. The van der Waals surface area contributed by atoms with E-state index in [2.05, 4.69) is 48.3 Å². The standard InChI is InChI=1S/C13H17NS/c1-10-8-14-13(15-9-10)6-11-4-2-3-5-12(11)7-13/h2-5,10,14H,6-9H2,1H3. The van der Waals surface area contributed by atoms with E-state index in [1.807, 2.05) is 0 Å². The lowest BCUT2D eigenvalue weighted by atomic mass is 10.1. The molecule has 0 aromatic heterocycles. The first-order chi connectivity index (χ1) is 7.27. The Labute approximate surface area is 95.6 Å². The van der Waals surface area contributed by atoms with Crippen LogP contribution in [-0.2, 0) is 12.8 Å². The van der Waals surface area contributed by atoms with E-state index in [-0.39, 0.29) is 0 Å². The molecular formula is C13H17NS. The van der Waals surface area contributed by atoms with E-state index < -0.39 is 0 Å². The molecule has 1 atom stereocenters. The second-order valence-corrected chi connectivity index (χ2v) is 6.32. The minimum Gasteiger partial charge on any atom is -0.302 e. The van der Waals surface area contributed by atoms with Crippen molar-refractivity contribution in [1.82, 2.24) is 5.32 Å². The van der Waals surface area contributed by atoms with Crippen molar-refractivity contribution in [3.63, 3.8) is 0 Å². The lowest BCUT2D eigenvalue weighted by Crippen LogP contribution is -2.49. The van der Waals surface area contributed by atoms with Gasteiger partial charge in [-0.15, -0.1) is 11.8 Å². The molecule has 0 saturated carbocycles. The Morgan fingerprint density at radius 3 is 2.47 bits per heavy atom. The number of hydrogen-bond donors (Lipinski definition) is 1. The van der Waals surface area contributed by atoms with E-state index in [4.69, 9.17) is 0 Å². The molecule has 80 valence electrons. The van der Waals surface area contributed by atoms with Gasteiger partial charge in [-0.05, 0) is 29.3 Å². The predicted octanol–water partition coefficient (Wildman–Crippen LogP) is 2.45. The molecule has 1 aliphatic heterocycles. The first-order valence-corrected chi connectivity index (χ1v) is 6.72. The SMILES string of the molecule is CC1CNC2(Cc3ccccc3C2)SC1. The van der Waals surface area contributed by atoms with E-state index >= 15 is 0 Å². The summed E-state index contributed by atoms with van der Waals surface area (Å²) in [7, 11) is 0. The van der Waals surface area contributed by atoms with Gasteiger partial charge in [-0.1, -0.05) is 31.2 Å². The average Bonchev–Trinajstić information content (AvgIpc) is 2.61. The van der Waals surface area contributed by atoms with Crippen molar-refractivity contribution >= 4 is 11.8 Å². The molecule has 2 aliphatic rings. The molecular weight excluding hydrogens is 202 g/mol. The Kier molecular flexibility index (Phi) is 2.29. The molecule has 1 aromatic carbocycles. The van der Waals surface area contributed by atoms with Crippen molar-refractivity contribution in [2.24, 2.45) is 5.92 Å². The minimum atomic E-state index is 0.330. The molecule has 1 N–H and O–H groups in total. The molecule has 0 radical (unpaired) electrons. The molecule has 1 heterocycles. The zero-order valence-electron chi connectivity index (χ0n) is 9.12. The van der Waals surface area contributed by atoms with Crippen molar-refractivity contribution in [3.8, 4) is 0 Å². The molecule has 1 unspecified atom stereocenters. The van der Waals surface area contributed by atoms with Crippen LogP contribution in [0.3, 0.4) is 0 Å². The van der Waals surface area contributed by atoms with E-state index in [1.165, 1.54) is 25.1 Å². The van der Waals surface area contributed by atoms with Crippen molar-refractivity contribution in [3.05, 3.63) is 35.4 Å². The highest BCUT2D eigenvalue weighted by Gasteiger charge is 2.39. The summed E-state index contributed by atoms with van der Waals surface area (Å²) >= 11 is 2.13. The van der Waals surface area contributed by atoms with Gasteiger partial charge in [0, 0.05) is 12.8 Å². The maximum Gasteiger partial charge on any atom is 0.0726 e. The van der Waals surface area contributed by atoms with Crippen LogP contribution in [0.1, 0.15) is 18.1 Å². The summed E-state index contributed by atoms with van der Waals surface area (Å²) < 4.78 is 0. The van der Waals surface area contributed by atoms with Gasteiger partial charge in [0.15, 0.2) is 0 Å². The van der Waals surface area contributed by atoms with Crippen molar-refractivity contribution < 1.29 is 0 Å². The van der Waals surface area contributed by atoms with Crippen LogP contribution in [-0.4, -0.2) is 17.2 Å². The number of fused-ring (bicyclic) bond motifs is 1. The molecule has 1 aromatic rings. The highest BCUT2D eigenvalue weighted by Crippen LogP contribution is 2.40. The minimum absolute atomic E-state index is 0.330. The molecule has 15 heavy (non-hydrogen) atoms. The Bertz CT molecular complexity index is 340. The number of thioether (sulfide) groups is 1. The van der Waals surface area contributed by atoms with Gasteiger partial charge in [-0.3, -0.25) is 0 Å². The molecule has 1 aliphatic carbocycles. The van der Waals surface area contributed by atoms with Gasteiger partial charge in [0.1, 0.15) is 0 Å². The smallest absolute Gasteiger partial charge is 0.0726 e. The molecule has 1 spiro atoms. The molecule has 0 amide bonds. The van der Waals surface area contributed by atoms with Crippen LogP contribution >= 0.6 is 11.8 Å². The summed E-state index contributed by atoms with van der Waals surface area (Å²) in [6, 6.07) is 8.89. The maximum absolute atomic E-state index is 3.75. The van der Waals surface area contributed by atoms with Gasteiger partial charge < -0.3 is 5.32 Å². The number of benzene rings is 1. The van der Waals surface area contributed by atoms with Gasteiger partial charge in [0.25, 0.3) is 0 Å². The zero-order chi connectivity index (χ0) is 10.3.